The SMILES string of the molecule is CCC(C)(C)C1CCc2nc(SCC(=O)Nc3nc(-c4ccc(Br)cc4)cs3)c(C#N)cc2C1. The second-order valence-corrected chi connectivity index (χ2v) is 12.0. The van der Waals surface area contributed by atoms with Gasteiger partial charge in [0.25, 0.3) is 0 Å². The topological polar surface area (TPSA) is 78.7 Å². The number of pyridine rings is 1. The third-order valence-electron chi connectivity index (χ3n) is 6.72. The molecule has 1 amide bonds. The summed E-state index contributed by atoms with van der Waals surface area (Å²) in [5.74, 6) is 0.622. The number of carbonyl (C=O) groups excluding carboxylic acids is 1. The Hall–Kier alpha value is -2.21. The smallest absolute Gasteiger partial charge is 0.236 e. The van der Waals surface area contributed by atoms with Crippen LogP contribution in [0.4, 0.5) is 5.13 Å². The minimum atomic E-state index is -0.158. The quantitative estimate of drug-likeness (QED) is 0.314. The monoisotopic (exact) mass is 554 g/mol. The largest absolute Gasteiger partial charge is 0.301 e. The second kappa shape index (κ2) is 10.6. The maximum Gasteiger partial charge on any atom is 0.236 e. The maximum absolute atomic E-state index is 12.6. The molecule has 1 atom stereocenters. The molecule has 1 unspecified atom stereocenters. The van der Waals surface area contributed by atoms with Crippen LogP contribution < -0.4 is 5.32 Å². The molecule has 0 saturated heterocycles. The van der Waals surface area contributed by atoms with Crippen LogP contribution in [0.5, 0.6) is 0 Å². The van der Waals surface area contributed by atoms with Gasteiger partial charge in [-0.05, 0) is 54.4 Å². The van der Waals surface area contributed by atoms with Gasteiger partial charge < -0.3 is 5.32 Å². The minimum Gasteiger partial charge on any atom is -0.301 e. The van der Waals surface area contributed by atoms with Gasteiger partial charge in [0.15, 0.2) is 5.13 Å². The summed E-state index contributed by atoms with van der Waals surface area (Å²) in [6, 6.07) is 12.2. The van der Waals surface area contributed by atoms with E-state index >= 15 is 0 Å². The number of amides is 1. The van der Waals surface area contributed by atoms with Crippen molar-refractivity contribution in [3.8, 4) is 17.3 Å². The number of nitrogens with one attached hydrogen (secondary N) is 1. The molecule has 176 valence electrons. The zero-order chi connectivity index (χ0) is 24.3. The number of anilines is 1. The van der Waals surface area contributed by atoms with Crippen molar-refractivity contribution in [3.05, 3.63) is 57.0 Å². The van der Waals surface area contributed by atoms with Crippen molar-refractivity contribution in [1.82, 2.24) is 9.97 Å². The standard InChI is InChI=1S/C26H27BrN4OS2/c1-4-26(2,3)19-7-10-21-17(12-19)11-18(13-28)24(29-21)33-15-23(32)31-25-30-22(14-34-25)16-5-8-20(27)9-6-16/h5-6,8-9,11,14,19H,4,7,10,12,15H2,1-3H3,(H,30,31,32). The molecular weight excluding hydrogens is 528 g/mol. The molecule has 1 aromatic carbocycles. The van der Waals surface area contributed by atoms with Crippen molar-refractivity contribution in [2.45, 2.75) is 51.5 Å². The summed E-state index contributed by atoms with van der Waals surface area (Å²) in [7, 11) is 0. The summed E-state index contributed by atoms with van der Waals surface area (Å²) in [6.45, 7) is 6.90. The van der Waals surface area contributed by atoms with Crippen LogP contribution in [0.3, 0.4) is 0 Å². The first-order chi connectivity index (χ1) is 16.3. The fraction of sp³-hybridized carbons (Fsp3) is 0.385. The van der Waals surface area contributed by atoms with Gasteiger partial charge in [0.2, 0.25) is 5.91 Å². The van der Waals surface area contributed by atoms with E-state index in [0.717, 1.165) is 47.1 Å². The number of aryl methyl sites for hydroxylation is 1. The second-order valence-electron chi connectivity index (χ2n) is 9.22. The van der Waals surface area contributed by atoms with E-state index in [2.05, 4.69) is 53.1 Å². The predicted molar refractivity (Wildman–Crippen MR) is 143 cm³/mol. The highest BCUT2D eigenvalue weighted by atomic mass is 79.9. The summed E-state index contributed by atoms with van der Waals surface area (Å²) in [5, 5.41) is 15.7. The summed E-state index contributed by atoms with van der Waals surface area (Å²) >= 11 is 6.14. The summed E-state index contributed by atoms with van der Waals surface area (Å²) in [6.07, 6.45) is 4.14. The molecule has 1 N–H and O–H groups in total. The molecular formula is C26H27BrN4OS2. The Balaban J connectivity index is 1.40. The van der Waals surface area contributed by atoms with Crippen LogP contribution in [-0.2, 0) is 17.6 Å². The molecule has 0 spiro atoms. The third kappa shape index (κ3) is 5.70. The van der Waals surface area contributed by atoms with Gasteiger partial charge >= 0.3 is 0 Å². The number of carbonyl (C=O) groups is 1. The first kappa shape index (κ1) is 24.9. The number of fused-ring (bicyclic) bond motifs is 1. The Morgan fingerprint density at radius 2 is 2.09 bits per heavy atom. The Kier molecular flexibility index (Phi) is 7.76. The van der Waals surface area contributed by atoms with E-state index in [0.29, 0.717) is 21.6 Å². The average Bonchev–Trinajstić information content (AvgIpc) is 3.30. The van der Waals surface area contributed by atoms with Crippen molar-refractivity contribution in [3.63, 3.8) is 0 Å². The molecule has 1 aliphatic carbocycles. The lowest BCUT2D eigenvalue weighted by atomic mass is 9.69. The number of benzene rings is 1. The number of aromatic nitrogens is 2. The fourth-order valence-electron chi connectivity index (χ4n) is 4.17. The minimum absolute atomic E-state index is 0.158. The molecule has 4 rings (SSSR count). The zero-order valence-electron chi connectivity index (χ0n) is 19.5. The number of hydrogen-bond donors (Lipinski definition) is 1. The molecule has 34 heavy (non-hydrogen) atoms. The lowest BCUT2D eigenvalue weighted by Crippen LogP contribution is -2.29. The van der Waals surface area contributed by atoms with Crippen molar-refractivity contribution in [2.24, 2.45) is 11.3 Å². The van der Waals surface area contributed by atoms with Crippen molar-refractivity contribution in [2.75, 3.05) is 11.1 Å². The fourth-order valence-corrected chi connectivity index (χ4v) is 5.94. The highest BCUT2D eigenvalue weighted by Gasteiger charge is 2.32. The van der Waals surface area contributed by atoms with Gasteiger partial charge in [-0.25, -0.2) is 9.97 Å². The molecule has 2 aromatic heterocycles. The number of nitriles is 1. The molecule has 0 saturated carbocycles. The van der Waals surface area contributed by atoms with Crippen LogP contribution in [0.25, 0.3) is 11.3 Å². The number of halogens is 1. The molecule has 0 fully saturated rings. The molecule has 2 heterocycles. The number of thiazole rings is 1. The predicted octanol–water partition coefficient (Wildman–Crippen LogP) is 7.11. The van der Waals surface area contributed by atoms with Crippen LogP contribution >= 0.6 is 39.0 Å². The lowest BCUT2D eigenvalue weighted by Gasteiger charge is -2.37. The molecule has 1 aliphatic rings. The molecule has 5 nitrogen and oxygen atoms in total. The van der Waals surface area contributed by atoms with Crippen molar-refractivity contribution >= 4 is 50.1 Å². The molecule has 0 bridgehead atoms. The van der Waals surface area contributed by atoms with Crippen molar-refractivity contribution in [1.29, 1.82) is 5.26 Å². The van der Waals surface area contributed by atoms with Gasteiger partial charge in [-0.1, -0.05) is 67.0 Å². The number of rotatable bonds is 7. The van der Waals surface area contributed by atoms with Crippen LogP contribution in [0.15, 0.2) is 45.2 Å². The van der Waals surface area contributed by atoms with E-state index < -0.39 is 0 Å². The Labute approximate surface area is 217 Å². The van der Waals surface area contributed by atoms with Crippen LogP contribution in [-0.4, -0.2) is 21.6 Å². The van der Waals surface area contributed by atoms with Gasteiger partial charge in [0.1, 0.15) is 11.1 Å². The number of nitrogens with zero attached hydrogens (tertiary/aromatic N) is 3. The van der Waals surface area contributed by atoms with E-state index in [4.69, 9.17) is 4.98 Å². The molecule has 3 aromatic rings. The van der Waals surface area contributed by atoms with Crippen LogP contribution in [0, 0.1) is 22.7 Å². The van der Waals surface area contributed by atoms with Gasteiger partial charge in [0, 0.05) is 21.1 Å². The molecule has 0 radical (unpaired) electrons. The third-order valence-corrected chi connectivity index (χ3v) is 9.00. The van der Waals surface area contributed by atoms with Crippen LogP contribution in [0.1, 0.15) is 50.4 Å². The van der Waals surface area contributed by atoms with Gasteiger partial charge in [-0.15, -0.1) is 11.3 Å². The average molecular weight is 556 g/mol. The maximum atomic E-state index is 12.6. The van der Waals surface area contributed by atoms with Crippen LogP contribution in [0.2, 0.25) is 0 Å². The first-order valence-electron chi connectivity index (χ1n) is 11.4. The zero-order valence-corrected chi connectivity index (χ0v) is 22.7. The van der Waals surface area contributed by atoms with E-state index in [1.165, 1.54) is 28.7 Å². The number of thioether (sulfide) groups is 1. The van der Waals surface area contributed by atoms with Crippen molar-refractivity contribution < 1.29 is 4.79 Å². The van der Waals surface area contributed by atoms with E-state index in [1.54, 1.807) is 0 Å². The lowest BCUT2D eigenvalue weighted by molar-refractivity contribution is -0.113. The number of hydrogen-bond acceptors (Lipinski definition) is 6. The molecule has 8 heteroatoms. The van der Waals surface area contributed by atoms with Gasteiger partial charge in [0.05, 0.1) is 17.0 Å². The first-order valence-corrected chi connectivity index (χ1v) is 14.0. The van der Waals surface area contributed by atoms with E-state index in [1.807, 2.05) is 35.7 Å². The normalized spacial score (nSPS) is 15.4. The van der Waals surface area contributed by atoms with Gasteiger partial charge in [-0.2, -0.15) is 5.26 Å². The highest BCUT2D eigenvalue weighted by Crippen LogP contribution is 2.40. The van der Waals surface area contributed by atoms with E-state index in [9.17, 15) is 10.1 Å². The molecule has 0 aliphatic heterocycles. The summed E-state index contributed by atoms with van der Waals surface area (Å²) in [5.41, 5.74) is 4.92. The highest BCUT2D eigenvalue weighted by molar-refractivity contribution is 9.10. The van der Waals surface area contributed by atoms with Gasteiger partial charge in [-0.3, -0.25) is 4.79 Å². The summed E-state index contributed by atoms with van der Waals surface area (Å²) < 4.78 is 1.01. The Morgan fingerprint density at radius 1 is 1.32 bits per heavy atom. The van der Waals surface area contributed by atoms with E-state index in [-0.39, 0.29) is 17.1 Å². The Morgan fingerprint density at radius 3 is 2.79 bits per heavy atom. The Bertz CT molecular complexity index is 1230. The summed E-state index contributed by atoms with van der Waals surface area (Å²) in [4.78, 5) is 21.9.